The molecule has 1 atom stereocenters. The number of benzene rings is 1. The smallest absolute Gasteiger partial charge is 0.412 e. The van der Waals surface area contributed by atoms with Gasteiger partial charge in [-0.25, -0.2) is 9.18 Å². The lowest BCUT2D eigenvalue weighted by atomic mass is 9.94. The van der Waals surface area contributed by atoms with E-state index in [4.69, 9.17) is 15.2 Å². The molecule has 0 aliphatic heterocycles. The first-order chi connectivity index (χ1) is 9.61. The van der Waals surface area contributed by atoms with Gasteiger partial charge >= 0.3 is 6.09 Å². The molecule has 0 fully saturated rings. The highest BCUT2D eigenvalue weighted by Gasteiger charge is 2.29. The minimum Gasteiger partial charge on any atom is -0.444 e. The first-order valence-corrected chi connectivity index (χ1v) is 6.66. The van der Waals surface area contributed by atoms with Crippen LogP contribution in [0.5, 0.6) is 0 Å². The number of methoxy groups -OCH3 is 1. The molecule has 6 heteroatoms. The molecular weight excluding hydrogens is 275 g/mol. The number of hydrogen-bond donors (Lipinski definition) is 2. The Hall–Kier alpha value is -1.66. The third kappa shape index (κ3) is 4.68. The van der Waals surface area contributed by atoms with Gasteiger partial charge in [-0.3, -0.25) is 5.32 Å². The van der Waals surface area contributed by atoms with E-state index in [1.807, 2.05) is 0 Å². The van der Waals surface area contributed by atoms with Crippen molar-refractivity contribution in [3.05, 3.63) is 29.6 Å². The van der Waals surface area contributed by atoms with Crippen LogP contribution in [-0.4, -0.2) is 25.3 Å². The Labute approximate surface area is 124 Å². The Kier molecular flexibility index (Phi) is 5.31. The molecule has 0 saturated heterocycles. The van der Waals surface area contributed by atoms with Gasteiger partial charge in [0.2, 0.25) is 0 Å². The Balaban J connectivity index is 3.11. The molecule has 0 radical (unpaired) electrons. The second-order valence-corrected chi connectivity index (χ2v) is 5.96. The minimum atomic E-state index is -0.910. The van der Waals surface area contributed by atoms with Gasteiger partial charge in [-0.1, -0.05) is 0 Å². The number of carbonyl (C=O) groups is 1. The van der Waals surface area contributed by atoms with Crippen molar-refractivity contribution in [1.29, 1.82) is 0 Å². The molecule has 0 aliphatic carbocycles. The van der Waals surface area contributed by atoms with E-state index in [0.717, 1.165) is 0 Å². The highest BCUT2D eigenvalue weighted by atomic mass is 19.1. The second-order valence-electron chi connectivity index (χ2n) is 5.96. The van der Waals surface area contributed by atoms with Crippen LogP contribution in [0.15, 0.2) is 18.2 Å². The van der Waals surface area contributed by atoms with Crippen LogP contribution < -0.4 is 11.1 Å². The predicted molar refractivity (Wildman–Crippen MR) is 79.7 cm³/mol. The second kappa shape index (κ2) is 6.41. The fourth-order valence-corrected chi connectivity index (χ4v) is 1.78. The van der Waals surface area contributed by atoms with E-state index < -0.39 is 23.1 Å². The van der Waals surface area contributed by atoms with E-state index >= 15 is 0 Å². The average Bonchev–Trinajstić information content (AvgIpc) is 2.37. The Bertz CT molecular complexity index is 508. The summed E-state index contributed by atoms with van der Waals surface area (Å²) in [5.41, 5.74) is 5.04. The minimum absolute atomic E-state index is 0.135. The molecular formula is C15H23FN2O3. The summed E-state index contributed by atoms with van der Waals surface area (Å²) in [5, 5.41) is 2.61. The third-order valence-electron chi connectivity index (χ3n) is 3.03. The Morgan fingerprint density at radius 1 is 1.33 bits per heavy atom. The molecule has 1 aromatic carbocycles. The maximum absolute atomic E-state index is 13.5. The van der Waals surface area contributed by atoms with E-state index in [1.165, 1.54) is 25.3 Å². The fraction of sp³-hybridized carbons (Fsp3) is 0.533. The van der Waals surface area contributed by atoms with E-state index in [1.54, 1.807) is 27.7 Å². The SMILES string of the molecule is COC(C)(CN)c1cc(F)ccc1NC(=O)OC(C)(C)C. The number of ether oxygens (including phenoxy) is 2. The molecule has 0 heterocycles. The van der Waals surface area contributed by atoms with Crippen LogP contribution in [0.25, 0.3) is 0 Å². The average molecular weight is 298 g/mol. The summed E-state index contributed by atoms with van der Waals surface area (Å²) in [7, 11) is 1.48. The maximum Gasteiger partial charge on any atom is 0.412 e. The summed E-state index contributed by atoms with van der Waals surface area (Å²) in [6.45, 7) is 7.14. The summed E-state index contributed by atoms with van der Waals surface area (Å²) in [5.74, 6) is -0.434. The summed E-state index contributed by atoms with van der Waals surface area (Å²) in [6, 6.07) is 4.01. The Morgan fingerprint density at radius 3 is 2.43 bits per heavy atom. The summed E-state index contributed by atoms with van der Waals surface area (Å²) in [6.07, 6.45) is -0.620. The van der Waals surface area contributed by atoms with Crippen LogP contribution in [0.2, 0.25) is 0 Å². The number of anilines is 1. The van der Waals surface area contributed by atoms with Crippen molar-refractivity contribution in [3.63, 3.8) is 0 Å². The van der Waals surface area contributed by atoms with Crippen molar-refractivity contribution in [2.24, 2.45) is 5.73 Å². The van der Waals surface area contributed by atoms with E-state index in [9.17, 15) is 9.18 Å². The maximum atomic E-state index is 13.5. The predicted octanol–water partition coefficient (Wildman–Crippen LogP) is 2.99. The van der Waals surface area contributed by atoms with Crippen LogP contribution in [0.4, 0.5) is 14.9 Å². The normalized spacial score (nSPS) is 14.4. The van der Waals surface area contributed by atoms with Gasteiger partial charge < -0.3 is 15.2 Å². The van der Waals surface area contributed by atoms with Crippen molar-refractivity contribution in [3.8, 4) is 0 Å². The van der Waals surface area contributed by atoms with Gasteiger partial charge in [0.25, 0.3) is 0 Å². The first-order valence-electron chi connectivity index (χ1n) is 6.66. The monoisotopic (exact) mass is 298 g/mol. The molecule has 1 aromatic rings. The molecule has 1 unspecified atom stereocenters. The van der Waals surface area contributed by atoms with Gasteiger partial charge in [-0.2, -0.15) is 0 Å². The van der Waals surface area contributed by atoms with Gasteiger partial charge in [0.15, 0.2) is 0 Å². The lowest BCUT2D eigenvalue weighted by Gasteiger charge is -2.29. The van der Waals surface area contributed by atoms with Gasteiger partial charge in [0, 0.05) is 19.2 Å². The number of halogens is 1. The number of nitrogens with two attached hydrogens (primary N) is 1. The number of rotatable bonds is 4. The van der Waals surface area contributed by atoms with Crippen molar-refractivity contribution >= 4 is 11.8 Å². The summed E-state index contributed by atoms with van der Waals surface area (Å²) < 4.78 is 24.1. The molecule has 0 spiro atoms. The highest BCUT2D eigenvalue weighted by molar-refractivity contribution is 5.86. The van der Waals surface area contributed by atoms with Crippen molar-refractivity contribution < 1.29 is 18.7 Å². The van der Waals surface area contributed by atoms with Crippen molar-refractivity contribution in [2.75, 3.05) is 19.0 Å². The van der Waals surface area contributed by atoms with Gasteiger partial charge in [-0.05, 0) is 45.9 Å². The van der Waals surface area contributed by atoms with Crippen LogP contribution in [0.3, 0.4) is 0 Å². The summed E-state index contributed by atoms with van der Waals surface area (Å²) in [4.78, 5) is 11.9. The quantitative estimate of drug-likeness (QED) is 0.896. The van der Waals surface area contributed by atoms with Crippen LogP contribution in [-0.2, 0) is 15.1 Å². The molecule has 21 heavy (non-hydrogen) atoms. The van der Waals surface area contributed by atoms with E-state index in [0.29, 0.717) is 11.3 Å². The molecule has 0 bridgehead atoms. The largest absolute Gasteiger partial charge is 0.444 e. The molecule has 0 aromatic heterocycles. The number of nitrogens with one attached hydrogen (secondary N) is 1. The van der Waals surface area contributed by atoms with Gasteiger partial charge in [0.05, 0.1) is 5.69 Å². The van der Waals surface area contributed by atoms with E-state index in [2.05, 4.69) is 5.32 Å². The van der Waals surface area contributed by atoms with E-state index in [-0.39, 0.29) is 6.54 Å². The molecule has 1 rings (SSSR count). The fourth-order valence-electron chi connectivity index (χ4n) is 1.78. The zero-order valence-electron chi connectivity index (χ0n) is 13.1. The zero-order valence-corrected chi connectivity index (χ0v) is 13.1. The van der Waals surface area contributed by atoms with Crippen molar-refractivity contribution in [2.45, 2.75) is 38.9 Å². The Morgan fingerprint density at radius 2 is 1.95 bits per heavy atom. The molecule has 0 aliphatic rings. The van der Waals surface area contributed by atoms with Crippen LogP contribution in [0.1, 0.15) is 33.3 Å². The van der Waals surface area contributed by atoms with Crippen LogP contribution >= 0.6 is 0 Å². The van der Waals surface area contributed by atoms with Gasteiger partial charge in [-0.15, -0.1) is 0 Å². The first kappa shape index (κ1) is 17.4. The third-order valence-corrected chi connectivity index (χ3v) is 3.03. The molecule has 118 valence electrons. The topological polar surface area (TPSA) is 73.6 Å². The lowest BCUT2D eigenvalue weighted by molar-refractivity contribution is 0.0104. The zero-order chi connectivity index (χ0) is 16.3. The molecule has 3 N–H and O–H groups in total. The lowest BCUT2D eigenvalue weighted by Crippen LogP contribution is -2.35. The van der Waals surface area contributed by atoms with Gasteiger partial charge in [0.1, 0.15) is 17.0 Å². The number of amides is 1. The molecule has 1 amide bonds. The van der Waals surface area contributed by atoms with Crippen molar-refractivity contribution in [1.82, 2.24) is 0 Å². The summed E-state index contributed by atoms with van der Waals surface area (Å²) >= 11 is 0. The molecule has 5 nitrogen and oxygen atoms in total. The highest BCUT2D eigenvalue weighted by Crippen LogP contribution is 2.31. The molecule has 0 saturated carbocycles. The van der Waals surface area contributed by atoms with Crippen LogP contribution in [0, 0.1) is 5.82 Å². The number of carbonyl (C=O) groups excluding carboxylic acids is 1. The standard InChI is InChI=1S/C15H23FN2O3/c1-14(2,3)21-13(19)18-12-7-6-10(16)8-11(12)15(4,9-17)20-5/h6-8H,9,17H2,1-5H3,(H,18,19). The number of hydrogen-bond acceptors (Lipinski definition) is 4.